The largest absolute Gasteiger partial charge is 0.299 e. The predicted octanol–water partition coefficient (Wildman–Crippen LogP) is 1.33. The highest BCUT2D eigenvalue weighted by Gasteiger charge is 2.36. The molecule has 60 valence electrons. The van der Waals surface area contributed by atoms with Gasteiger partial charge in [0, 0.05) is 24.7 Å². The van der Waals surface area contributed by atoms with Gasteiger partial charge in [0.15, 0.2) is 0 Å². The lowest BCUT2D eigenvalue weighted by atomic mass is 9.71. The summed E-state index contributed by atoms with van der Waals surface area (Å²) in [6.07, 6.45) is 3.82. The van der Waals surface area contributed by atoms with Crippen molar-refractivity contribution >= 4 is 11.6 Å². The fourth-order valence-electron chi connectivity index (χ4n) is 2.21. The molecule has 0 N–H and O–H groups in total. The highest BCUT2D eigenvalue weighted by atomic mass is 16.1. The van der Waals surface area contributed by atoms with E-state index in [0.29, 0.717) is 24.4 Å². The van der Waals surface area contributed by atoms with Crippen LogP contribution in [0.15, 0.2) is 0 Å². The van der Waals surface area contributed by atoms with E-state index in [4.69, 9.17) is 0 Å². The van der Waals surface area contributed by atoms with Crippen LogP contribution in [0, 0.1) is 11.8 Å². The standard InChI is InChI=1S/C9H12O2/c10-8-3-1-6-5-7(8)2-4-9(6)11/h6-7H,1-5H2/t6-,7?/m0/s1. The Morgan fingerprint density at radius 2 is 1.36 bits per heavy atom. The number of ketones is 2. The zero-order chi connectivity index (χ0) is 7.84. The lowest BCUT2D eigenvalue weighted by molar-refractivity contribution is -0.134. The highest BCUT2D eigenvalue weighted by Crippen LogP contribution is 2.35. The van der Waals surface area contributed by atoms with E-state index in [-0.39, 0.29) is 11.8 Å². The minimum absolute atomic E-state index is 0.242. The van der Waals surface area contributed by atoms with Crippen molar-refractivity contribution in [3.05, 3.63) is 0 Å². The number of carbonyl (C=O) groups excluding carboxylic acids is 2. The van der Waals surface area contributed by atoms with E-state index in [9.17, 15) is 9.59 Å². The molecule has 2 atom stereocenters. The van der Waals surface area contributed by atoms with E-state index in [2.05, 4.69) is 0 Å². The number of fused-ring (bicyclic) bond motifs is 2. The molecule has 2 heteroatoms. The lowest BCUT2D eigenvalue weighted by Gasteiger charge is -2.31. The molecule has 0 radical (unpaired) electrons. The monoisotopic (exact) mass is 152 g/mol. The zero-order valence-corrected chi connectivity index (χ0v) is 6.51. The van der Waals surface area contributed by atoms with E-state index in [0.717, 1.165) is 19.3 Å². The van der Waals surface area contributed by atoms with Gasteiger partial charge in [-0.25, -0.2) is 0 Å². The highest BCUT2D eigenvalue weighted by molar-refractivity contribution is 5.89. The first-order valence-corrected chi connectivity index (χ1v) is 4.33. The molecule has 2 aliphatic carbocycles. The molecule has 2 saturated carbocycles. The molecule has 2 nitrogen and oxygen atoms in total. The third-order valence-electron chi connectivity index (χ3n) is 2.96. The third-order valence-corrected chi connectivity index (χ3v) is 2.96. The summed E-state index contributed by atoms with van der Waals surface area (Å²) in [5, 5.41) is 0. The van der Waals surface area contributed by atoms with Crippen molar-refractivity contribution in [1.82, 2.24) is 0 Å². The Bertz CT molecular complexity index is 186. The smallest absolute Gasteiger partial charge is 0.136 e. The minimum atomic E-state index is 0.242. The SMILES string of the molecule is O=C1CC[C@H]2CC1CCC2=O. The Morgan fingerprint density at radius 3 is 1.82 bits per heavy atom. The van der Waals surface area contributed by atoms with E-state index in [1.54, 1.807) is 0 Å². The van der Waals surface area contributed by atoms with Crippen LogP contribution in [0.2, 0.25) is 0 Å². The zero-order valence-electron chi connectivity index (χ0n) is 6.51. The van der Waals surface area contributed by atoms with Crippen molar-refractivity contribution in [1.29, 1.82) is 0 Å². The van der Waals surface area contributed by atoms with Crippen molar-refractivity contribution in [3.63, 3.8) is 0 Å². The second-order valence-corrected chi connectivity index (χ2v) is 3.64. The van der Waals surface area contributed by atoms with Gasteiger partial charge in [-0.2, -0.15) is 0 Å². The number of Topliss-reactive ketones (excluding diaryl/α,β-unsaturated/α-hetero) is 2. The Morgan fingerprint density at radius 1 is 0.909 bits per heavy atom. The van der Waals surface area contributed by atoms with E-state index < -0.39 is 0 Å². The maximum absolute atomic E-state index is 11.2. The predicted molar refractivity (Wildman–Crippen MR) is 40.1 cm³/mol. The maximum Gasteiger partial charge on any atom is 0.136 e. The molecular weight excluding hydrogens is 140 g/mol. The molecule has 0 aliphatic heterocycles. The summed E-state index contributed by atoms with van der Waals surface area (Å²) < 4.78 is 0. The second kappa shape index (κ2) is 2.43. The molecule has 0 saturated heterocycles. The van der Waals surface area contributed by atoms with E-state index in [1.807, 2.05) is 0 Å². The van der Waals surface area contributed by atoms with Gasteiger partial charge in [-0.05, 0) is 19.3 Å². The van der Waals surface area contributed by atoms with Crippen molar-refractivity contribution in [2.75, 3.05) is 0 Å². The van der Waals surface area contributed by atoms with Crippen LogP contribution >= 0.6 is 0 Å². The van der Waals surface area contributed by atoms with Crippen molar-refractivity contribution < 1.29 is 9.59 Å². The summed E-state index contributed by atoms with van der Waals surface area (Å²) in [6.45, 7) is 0. The van der Waals surface area contributed by atoms with Crippen molar-refractivity contribution in [3.8, 4) is 0 Å². The molecule has 2 rings (SSSR count). The van der Waals surface area contributed by atoms with Gasteiger partial charge in [-0.3, -0.25) is 9.59 Å². The van der Waals surface area contributed by atoms with Crippen LogP contribution < -0.4 is 0 Å². The molecule has 0 aromatic heterocycles. The van der Waals surface area contributed by atoms with E-state index >= 15 is 0 Å². The molecule has 11 heavy (non-hydrogen) atoms. The molecule has 2 bridgehead atoms. The Balaban J connectivity index is 2.14. The summed E-state index contributed by atoms with van der Waals surface area (Å²) in [5.41, 5.74) is 0. The quantitative estimate of drug-likeness (QED) is 0.524. The minimum Gasteiger partial charge on any atom is -0.299 e. The van der Waals surface area contributed by atoms with Crippen LogP contribution in [0.1, 0.15) is 32.1 Å². The Hall–Kier alpha value is -0.660. The average molecular weight is 152 g/mol. The van der Waals surface area contributed by atoms with Crippen LogP contribution in [-0.2, 0) is 9.59 Å². The lowest BCUT2D eigenvalue weighted by Crippen LogP contribution is -2.34. The van der Waals surface area contributed by atoms with Crippen LogP contribution in [-0.4, -0.2) is 11.6 Å². The molecule has 0 aromatic carbocycles. The van der Waals surface area contributed by atoms with Crippen molar-refractivity contribution in [2.45, 2.75) is 32.1 Å². The van der Waals surface area contributed by atoms with Crippen LogP contribution in [0.4, 0.5) is 0 Å². The second-order valence-electron chi connectivity index (χ2n) is 3.64. The van der Waals surface area contributed by atoms with Gasteiger partial charge in [0.05, 0.1) is 0 Å². The molecule has 2 aliphatic rings. The van der Waals surface area contributed by atoms with Gasteiger partial charge in [0.25, 0.3) is 0 Å². The van der Waals surface area contributed by atoms with Gasteiger partial charge >= 0.3 is 0 Å². The van der Waals surface area contributed by atoms with Crippen molar-refractivity contribution in [2.24, 2.45) is 11.8 Å². The molecular formula is C9H12O2. The number of carbonyl (C=O) groups is 2. The summed E-state index contributed by atoms with van der Waals surface area (Å²) in [7, 11) is 0. The summed E-state index contributed by atoms with van der Waals surface area (Å²) in [5.74, 6) is 1.28. The first-order chi connectivity index (χ1) is 5.27. The first-order valence-electron chi connectivity index (χ1n) is 4.33. The fourth-order valence-corrected chi connectivity index (χ4v) is 2.21. The molecule has 0 aromatic rings. The topological polar surface area (TPSA) is 34.1 Å². The summed E-state index contributed by atoms with van der Waals surface area (Å²) in [6, 6.07) is 0. The Labute approximate surface area is 66.0 Å². The molecule has 2 fully saturated rings. The van der Waals surface area contributed by atoms with Gasteiger partial charge in [0.1, 0.15) is 11.6 Å². The summed E-state index contributed by atoms with van der Waals surface area (Å²) in [4.78, 5) is 22.4. The maximum atomic E-state index is 11.2. The molecule has 1 unspecified atom stereocenters. The Kier molecular flexibility index (Phi) is 1.55. The first kappa shape index (κ1) is 7.01. The summed E-state index contributed by atoms with van der Waals surface area (Å²) >= 11 is 0. The number of hydrogen-bond donors (Lipinski definition) is 0. The van der Waals surface area contributed by atoms with Crippen LogP contribution in [0.5, 0.6) is 0 Å². The molecule has 0 amide bonds. The van der Waals surface area contributed by atoms with Crippen LogP contribution in [0.3, 0.4) is 0 Å². The van der Waals surface area contributed by atoms with Gasteiger partial charge in [0.2, 0.25) is 0 Å². The van der Waals surface area contributed by atoms with Gasteiger partial charge in [-0.15, -0.1) is 0 Å². The number of rotatable bonds is 0. The average Bonchev–Trinajstić information content (AvgIpc) is 2.02. The van der Waals surface area contributed by atoms with E-state index in [1.165, 1.54) is 0 Å². The van der Waals surface area contributed by atoms with Gasteiger partial charge in [-0.1, -0.05) is 0 Å². The molecule has 0 spiro atoms. The fraction of sp³-hybridized carbons (Fsp3) is 0.778. The normalized spacial score (nSPS) is 37.5. The third kappa shape index (κ3) is 1.10. The van der Waals surface area contributed by atoms with Gasteiger partial charge < -0.3 is 0 Å². The molecule has 0 heterocycles. The van der Waals surface area contributed by atoms with Crippen LogP contribution in [0.25, 0.3) is 0 Å². The number of hydrogen-bond acceptors (Lipinski definition) is 2.